The molecule has 40 heavy (non-hydrogen) atoms. The number of halogens is 2. The number of guanidine groups is 1. The molecule has 214 valence electrons. The van der Waals surface area contributed by atoms with Crippen molar-refractivity contribution in [2.75, 3.05) is 20.1 Å². The van der Waals surface area contributed by atoms with Crippen molar-refractivity contribution in [1.29, 1.82) is 0 Å². The summed E-state index contributed by atoms with van der Waals surface area (Å²) >= 11 is 15.0. The molecule has 3 heterocycles. The quantitative estimate of drug-likeness (QED) is 0.108. The number of Topliss-reactive ketones (excluding diaryl/α,β-unsaturated/α-hetero) is 1. The fraction of sp³-hybridized carbons (Fsp3) is 0.423. The number of thiazole rings is 1. The third-order valence-corrected chi connectivity index (χ3v) is 9.52. The minimum Gasteiger partial charge on any atom is -0.370 e. The monoisotopic (exact) mass is 623 g/mol. The van der Waals surface area contributed by atoms with Crippen LogP contribution < -0.4 is 22.5 Å². The Hall–Kier alpha value is -2.77. The number of hydrogen-bond donors (Lipinski definition) is 4. The van der Waals surface area contributed by atoms with Crippen molar-refractivity contribution >= 4 is 79.5 Å². The predicted octanol–water partition coefficient (Wildman–Crippen LogP) is 3.96. The van der Waals surface area contributed by atoms with E-state index in [-0.39, 0.29) is 47.8 Å². The minimum atomic E-state index is -0.491. The molecule has 0 saturated carbocycles. The van der Waals surface area contributed by atoms with Crippen molar-refractivity contribution in [2.24, 2.45) is 28.1 Å². The first kappa shape index (κ1) is 30.2. The second-order valence-electron chi connectivity index (χ2n) is 9.70. The molecule has 0 bridgehead atoms. The molecule has 0 spiro atoms. The Labute approximate surface area is 249 Å². The van der Waals surface area contributed by atoms with Crippen LogP contribution in [0.15, 0.2) is 28.6 Å². The zero-order valence-electron chi connectivity index (χ0n) is 21.9. The first-order chi connectivity index (χ1) is 19.1. The van der Waals surface area contributed by atoms with Gasteiger partial charge in [0.05, 0.1) is 21.0 Å². The van der Waals surface area contributed by atoms with Gasteiger partial charge in [0.1, 0.15) is 10.7 Å². The van der Waals surface area contributed by atoms with Crippen LogP contribution in [0.3, 0.4) is 0 Å². The van der Waals surface area contributed by atoms with E-state index in [1.165, 1.54) is 22.7 Å². The number of nitrogens with two attached hydrogens (primary N) is 3. The topological polar surface area (TPSA) is 170 Å². The number of thiophene rings is 1. The zero-order chi connectivity index (χ0) is 29.0. The molecule has 1 saturated heterocycles. The molecular weight excluding hydrogens is 593 g/mol. The van der Waals surface area contributed by atoms with Crippen LogP contribution in [0.1, 0.15) is 63.3 Å². The average Bonchev–Trinajstić information content (AvgIpc) is 3.65. The number of nitrogens with zero attached hydrogens (tertiary/aromatic N) is 3. The van der Waals surface area contributed by atoms with E-state index >= 15 is 0 Å². The van der Waals surface area contributed by atoms with Gasteiger partial charge in [-0.3, -0.25) is 19.4 Å². The summed E-state index contributed by atoms with van der Waals surface area (Å²) in [5.41, 5.74) is 17.2. The Kier molecular flexibility index (Phi) is 10.0. The number of unbranched alkanes of at least 4 members (excludes halogenated alkanes) is 1. The number of ketones is 1. The Bertz CT molecular complexity index is 1400. The molecule has 0 radical (unpaired) electrons. The second kappa shape index (κ2) is 13.3. The number of likely N-dealkylation sites (tertiary alicyclic amines) is 1. The summed E-state index contributed by atoms with van der Waals surface area (Å²) in [7, 11) is 1.55. The van der Waals surface area contributed by atoms with Gasteiger partial charge >= 0.3 is 0 Å². The molecule has 1 aliphatic rings. The smallest absolute Gasteiger partial charge is 0.264 e. The highest BCUT2D eigenvalue weighted by Crippen LogP contribution is 2.38. The number of nitrogens with one attached hydrogen (secondary N) is 1. The van der Waals surface area contributed by atoms with E-state index in [1.807, 2.05) is 0 Å². The minimum absolute atomic E-state index is 0.0273. The van der Waals surface area contributed by atoms with Gasteiger partial charge in [-0.15, -0.1) is 22.7 Å². The number of amides is 2. The molecule has 10 nitrogen and oxygen atoms in total. The molecule has 1 fully saturated rings. The van der Waals surface area contributed by atoms with E-state index in [2.05, 4.69) is 15.3 Å². The van der Waals surface area contributed by atoms with Crippen LogP contribution in [0.2, 0.25) is 10.0 Å². The number of fused-ring (bicyclic) bond motifs is 1. The van der Waals surface area contributed by atoms with Gasteiger partial charge in [0, 0.05) is 48.6 Å². The number of aromatic nitrogens is 1. The van der Waals surface area contributed by atoms with E-state index in [1.54, 1.807) is 35.5 Å². The predicted molar refractivity (Wildman–Crippen MR) is 161 cm³/mol. The van der Waals surface area contributed by atoms with Crippen molar-refractivity contribution in [3.05, 3.63) is 49.2 Å². The Balaban J connectivity index is 1.45. The molecule has 14 heteroatoms. The van der Waals surface area contributed by atoms with E-state index < -0.39 is 5.92 Å². The summed E-state index contributed by atoms with van der Waals surface area (Å²) in [4.78, 5) is 49.9. The summed E-state index contributed by atoms with van der Waals surface area (Å²) in [5, 5.41) is 6.67. The maximum absolute atomic E-state index is 13.6. The van der Waals surface area contributed by atoms with Crippen molar-refractivity contribution in [3.8, 4) is 0 Å². The average molecular weight is 625 g/mol. The lowest BCUT2D eigenvalue weighted by molar-refractivity contribution is -0.124. The normalized spacial score (nSPS) is 17.6. The Morgan fingerprint density at radius 1 is 1.20 bits per heavy atom. The standard InChI is InChI=1S/C26H31Cl2N7O3S2/c1-32-23(37)13(4-2-3-5-33-26(30)31)7-20(36)18-12-39-24(34-18)19-9-15(29)11-35(19)25(38)22-8-14-6-16(27)17(28)10-21(14)40-22/h6,8,10,12-13,15,19H,2-5,7,9,11,29H2,1H3,(H,32,37)(H4,30,31,33)/t13-,15-,19+/m1/s1. The molecular formula is C26H31Cl2N7O3S2. The van der Waals surface area contributed by atoms with Gasteiger partial charge in [-0.05, 0) is 42.8 Å². The van der Waals surface area contributed by atoms with Crippen LogP contribution in [0.5, 0.6) is 0 Å². The van der Waals surface area contributed by atoms with Gasteiger partial charge in [-0.2, -0.15) is 0 Å². The lowest BCUT2D eigenvalue weighted by atomic mass is 9.94. The van der Waals surface area contributed by atoms with Gasteiger partial charge in [-0.25, -0.2) is 4.98 Å². The highest BCUT2D eigenvalue weighted by Gasteiger charge is 2.37. The summed E-state index contributed by atoms with van der Waals surface area (Å²) < 4.78 is 0.863. The third kappa shape index (κ3) is 7.10. The molecule has 2 amide bonds. The first-order valence-electron chi connectivity index (χ1n) is 12.8. The van der Waals surface area contributed by atoms with Crippen molar-refractivity contribution in [1.82, 2.24) is 15.2 Å². The molecule has 1 aromatic carbocycles. The summed E-state index contributed by atoms with van der Waals surface area (Å²) in [6.45, 7) is 0.842. The maximum Gasteiger partial charge on any atom is 0.264 e. The number of benzene rings is 1. The van der Waals surface area contributed by atoms with Gasteiger partial charge in [0.15, 0.2) is 11.7 Å². The van der Waals surface area contributed by atoms with Crippen LogP contribution >= 0.6 is 45.9 Å². The zero-order valence-corrected chi connectivity index (χ0v) is 25.0. The van der Waals surface area contributed by atoms with E-state index in [0.29, 0.717) is 58.7 Å². The van der Waals surface area contributed by atoms with Gasteiger partial charge in [0.25, 0.3) is 5.91 Å². The first-order valence-corrected chi connectivity index (χ1v) is 15.2. The highest BCUT2D eigenvalue weighted by atomic mass is 35.5. The van der Waals surface area contributed by atoms with Crippen LogP contribution in [-0.2, 0) is 4.79 Å². The largest absolute Gasteiger partial charge is 0.370 e. The van der Waals surface area contributed by atoms with Crippen molar-refractivity contribution in [3.63, 3.8) is 0 Å². The number of carbonyl (C=O) groups is 3. The molecule has 0 unspecified atom stereocenters. The Morgan fingerprint density at radius 3 is 2.67 bits per heavy atom. The number of carbonyl (C=O) groups excluding carboxylic acids is 3. The van der Waals surface area contributed by atoms with Gasteiger partial charge < -0.3 is 27.4 Å². The second-order valence-corrected chi connectivity index (χ2v) is 12.5. The van der Waals surface area contributed by atoms with E-state index in [9.17, 15) is 14.4 Å². The van der Waals surface area contributed by atoms with E-state index in [0.717, 1.165) is 10.1 Å². The summed E-state index contributed by atoms with van der Waals surface area (Å²) in [5.74, 6) is -1.04. The summed E-state index contributed by atoms with van der Waals surface area (Å²) in [6, 6.07) is 4.74. The molecule has 1 aliphatic heterocycles. The van der Waals surface area contributed by atoms with Gasteiger partial charge in [0.2, 0.25) is 5.91 Å². The van der Waals surface area contributed by atoms with Crippen LogP contribution in [0, 0.1) is 5.92 Å². The molecule has 4 rings (SSSR count). The molecule has 3 aromatic rings. The molecule has 7 N–H and O–H groups in total. The molecule has 3 atom stereocenters. The van der Waals surface area contributed by atoms with Crippen LogP contribution in [-0.4, -0.2) is 59.6 Å². The van der Waals surface area contributed by atoms with Crippen LogP contribution in [0.25, 0.3) is 10.1 Å². The fourth-order valence-corrected chi connectivity index (χ4v) is 7.13. The van der Waals surface area contributed by atoms with Gasteiger partial charge in [-0.1, -0.05) is 29.6 Å². The highest BCUT2D eigenvalue weighted by molar-refractivity contribution is 7.20. The van der Waals surface area contributed by atoms with E-state index in [4.69, 9.17) is 40.4 Å². The number of rotatable bonds is 11. The lowest BCUT2D eigenvalue weighted by Crippen LogP contribution is -2.32. The lowest BCUT2D eigenvalue weighted by Gasteiger charge is -2.22. The fourth-order valence-electron chi connectivity index (χ4n) is 4.75. The Morgan fingerprint density at radius 2 is 1.95 bits per heavy atom. The maximum atomic E-state index is 13.6. The number of hydrogen-bond acceptors (Lipinski definition) is 8. The molecule has 0 aliphatic carbocycles. The van der Waals surface area contributed by atoms with Crippen molar-refractivity contribution < 1.29 is 14.4 Å². The number of aliphatic imine (C=N–C) groups is 1. The third-order valence-electron chi connectivity index (χ3n) is 6.76. The van der Waals surface area contributed by atoms with Crippen LogP contribution in [0.4, 0.5) is 0 Å². The van der Waals surface area contributed by atoms with Crippen molar-refractivity contribution in [2.45, 2.75) is 44.2 Å². The summed E-state index contributed by atoms with van der Waals surface area (Å²) in [6.07, 6.45) is 2.48. The molecule has 2 aromatic heterocycles. The SMILES string of the molecule is CNC(=O)[C@H](CCCCN=C(N)N)CC(=O)c1csc([C@@H]2C[C@@H](N)CN2C(=O)c2cc3cc(Cl)c(Cl)cc3s2)n1.